The van der Waals surface area contributed by atoms with E-state index in [-0.39, 0.29) is 5.57 Å². The lowest BCUT2D eigenvalue weighted by Crippen LogP contribution is -2.29. The van der Waals surface area contributed by atoms with E-state index in [9.17, 15) is 10.1 Å². The number of amides is 1. The lowest BCUT2D eigenvalue weighted by molar-refractivity contribution is -0.117. The van der Waals surface area contributed by atoms with Crippen LogP contribution in [-0.4, -0.2) is 25.7 Å². The summed E-state index contributed by atoms with van der Waals surface area (Å²) >= 11 is 0. The third-order valence-corrected chi connectivity index (χ3v) is 4.72. The van der Waals surface area contributed by atoms with Crippen molar-refractivity contribution >= 4 is 22.8 Å². The van der Waals surface area contributed by atoms with Crippen molar-refractivity contribution < 1.29 is 14.3 Å². The Morgan fingerprint density at radius 2 is 1.77 bits per heavy atom. The van der Waals surface area contributed by atoms with Crippen LogP contribution in [-0.2, 0) is 4.79 Å². The Kier molecular flexibility index (Phi) is 8.07. The highest BCUT2D eigenvalue weighted by Gasteiger charge is 2.09. The largest absolute Gasteiger partial charge is 0.494 e. The fourth-order valence-electron chi connectivity index (χ4n) is 3.05. The van der Waals surface area contributed by atoms with Crippen LogP contribution in [0.4, 0.5) is 0 Å². The number of carbonyl (C=O) groups excluding carboxylic acids is 1. The lowest BCUT2D eigenvalue weighted by atomic mass is 10.1. The Hall–Kier alpha value is -3.78. The molecule has 0 bridgehead atoms. The molecule has 0 saturated heterocycles. The second-order valence-corrected chi connectivity index (χ2v) is 7.02. The summed E-state index contributed by atoms with van der Waals surface area (Å²) in [4.78, 5) is 12.4. The van der Waals surface area contributed by atoms with Crippen molar-refractivity contribution in [3.05, 3.63) is 77.9 Å². The number of nitrogens with one attached hydrogen (secondary N) is 1. The standard InChI is InChI=1S/C26H26N2O3/c1-2-3-16-30-23-13-11-20(12-14-23)18-22(19-27)26(29)28-15-17-31-25-10-6-8-21-7-4-5-9-24(21)25/h4-14,18H,2-3,15-17H2,1H3,(H,28,29)/b22-18+. The lowest BCUT2D eigenvalue weighted by Gasteiger charge is -2.10. The van der Waals surface area contributed by atoms with Crippen molar-refractivity contribution in [2.24, 2.45) is 0 Å². The monoisotopic (exact) mass is 414 g/mol. The summed E-state index contributed by atoms with van der Waals surface area (Å²) < 4.78 is 11.5. The number of hydrogen-bond donors (Lipinski definition) is 1. The van der Waals surface area contributed by atoms with Gasteiger partial charge in [-0.15, -0.1) is 0 Å². The van der Waals surface area contributed by atoms with Crippen molar-refractivity contribution in [3.63, 3.8) is 0 Å². The summed E-state index contributed by atoms with van der Waals surface area (Å²) in [5, 5.41) is 14.2. The van der Waals surface area contributed by atoms with E-state index >= 15 is 0 Å². The van der Waals surface area contributed by atoms with E-state index in [1.54, 1.807) is 6.08 Å². The number of nitriles is 1. The maximum absolute atomic E-state index is 12.4. The van der Waals surface area contributed by atoms with Gasteiger partial charge >= 0.3 is 0 Å². The third-order valence-electron chi connectivity index (χ3n) is 4.72. The van der Waals surface area contributed by atoms with E-state index in [0.29, 0.717) is 19.8 Å². The molecule has 158 valence electrons. The quantitative estimate of drug-likeness (QED) is 0.284. The number of carbonyl (C=O) groups is 1. The highest BCUT2D eigenvalue weighted by atomic mass is 16.5. The number of unbranched alkanes of at least 4 members (excludes halogenated alkanes) is 1. The zero-order valence-corrected chi connectivity index (χ0v) is 17.6. The van der Waals surface area contributed by atoms with Gasteiger partial charge in [0.15, 0.2) is 0 Å². The van der Waals surface area contributed by atoms with Crippen molar-refractivity contribution in [2.75, 3.05) is 19.8 Å². The van der Waals surface area contributed by atoms with Gasteiger partial charge in [0.05, 0.1) is 13.2 Å². The molecule has 1 N–H and O–H groups in total. The molecule has 31 heavy (non-hydrogen) atoms. The van der Waals surface area contributed by atoms with Crippen LogP contribution in [0.1, 0.15) is 25.3 Å². The van der Waals surface area contributed by atoms with Crippen molar-refractivity contribution in [3.8, 4) is 17.6 Å². The molecule has 5 heteroatoms. The number of fused-ring (bicyclic) bond motifs is 1. The highest BCUT2D eigenvalue weighted by Crippen LogP contribution is 2.24. The second-order valence-electron chi connectivity index (χ2n) is 7.02. The second kappa shape index (κ2) is 11.4. The third kappa shape index (κ3) is 6.35. The maximum Gasteiger partial charge on any atom is 0.262 e. The first-order valence-electron chi connectivity index (χ1n) is 10.4. The summed E-state index contributed by atoms with van der Waals surface area (Å²) in [6.45, 7) is 3.40. The number of ether oxygens (including phenoxy) is 2. The Morgan fingerprint density at radius 3 is 2.55 bits per heavy atom. The molecule has 0 spiro atoms. The number of rotatable bonds is 10. The van der Waals surface area contributed by atoms with Gasteiger partial charge in [-0.2, -0.15) is 5.26 Å². The van der Waals surface area contributed by atoms with E-state index in [0.717, 1.165) is 40.7 Å². The van der Waals surface area contributed by atoms with Crippen LogP contribution >= 0.6 is 0 Å². The fraction of sp³-hybridized carbons (Fsp3) is 0.231. The first-order valence-corrected chi connectivity index (χ1v) is 10.4. The zero-order chi connectivity index (χ0) is 21.9. The molecule has 0 aliphatic heterocycles. The molecule has 0 heterocycles. The maximum atomic E-state index is 12.4. The molecular formula is C26H26N2O3. The van der Waals surface area contributed by atoms with Gasteiger partial charge in [-0.25, -0.2) is 0 Å². The van der Waals surface area contributed by atoms with Crippen LogP contribution in [0.25, 0.3) is 16.8 Å². The molecule has 0 fully saturated rings. The Labute approximate surface area is 182 Å². The minimum absolute atomic E-state index is 0.0461. The SMILES string of the molecule is CCCCOc1ccc(/C=C(\C#N)C(=O)NCCOc2cccc3ccccc23)cc1. The van der Waals surface area contributed by atoms with Crippen LogP contribution in [0.5, 0.6) is 11.5 Å². The molecule has 1 amide bonds. The van der Waals surface area contributed by atoms with Crippen LogP contribution in [0.2, 0.25) is 0 Å². The van der Waals surface area contributed by atoms with Gasteiger partial charge in [0.25, 0.3) is 5.91 Å². The summed E-state index contributed by atoms with van der Waals surface area (Å²) in [5.74, 6) is 1.12. The topological polar surface area (TPSA) is 71.3 Å². The molecule has 3 aromatic carbocycles. The van der Waals surface area contributed by atoms with Gasteiger partial charge in [-0.05, 0) is 41.6 Å². The summed E-state index contributed by atoms with van der Waals surface area (Å²) in [6.07, 6.45) is 3.65. The molecule has 0 aromatic heterocycles. The normalized spacial score (nSPS) is 11.0. The Bertz CT molecular complexity index is 1080. The first-order chi connectivity index (χ1) is 15.2. The fourth-order valence-corrected chi connectivity index (χ4v) is 3.05. The highest BCUT2D eigenvalue weighted by molar-refractivity contribution is 6.01. The van der Waals surface area contributed by atoms with Crippen LogP contribution < -0.4 is 14.8 Å². The summed E-state index contributed by atoms with van der Waals surface area (Å²) in [7, 11) is 0. The average molecular weight is 415 g/mol. The van der Waals surface area contributed by atoms with Gasteiger partial charge in [0, 0.05) is 5.39 Å². The van der Waals surface area contributed by atoms with Gasteiger partial charge in [-0.3, -0.25) is 4.79 Å². The first kappa shape index (κ1) is 21.9. The van der Waals surface area contributed by atoms with Gasteiger partial charge in [0.2, 0.25) is 0 Å². The molecule has 0 unspecified atom stereocenters. The average Bonchev–Trinajstić information content (AvgIpc) is 2.81. The Morgan fingerprint density at radius 1 is 1.00 bits per heavy atom. The minimum Gasteiger partial charge on any atom is -0.494 e. The predicted octanol–water partition coefficient (Wildman–Crippen LogP) is 5.12. The van der Waals surface area contributed by atoms with Gasteiger partial charge in [-0.1, -0.05) is 61.9 Å². The molecule has 0 saturated carbocycles. The van der Waals surface area contributed by atoms with Gasteiger partial charge < -0.3 is 14.8 Å². The smallest absolute Gasteiger partial charge is 0.262 e. The van der Waals surface area contributed by atoms with Crippen LogP contribution in [0.3, 0.4) is 0 Å². The van der Waals surface area contributed by atoms with Crippen LogP contribution in [0.15, 0.2) is 72.3 Å². The van der Waals surface area contributed by atoms with E-state index in [2.05, 4.69) is 12.2 Å². The van der Waals surface area contributed by atoms with Crippen molar-refractivity contribution in [1.29, 1.82) is 5.26 Å². The van der Waals surface area contributed by atoms with Crippen LogP contribution in [0, 0.1) is 11.3 Å². The number of nitrogens with zero attached hydrogens (tertiary/aromatic N) is 1. The van der Waals surface area contributed by atoms with Crippen molar-refractivity contribution in [2.45, 2.75) is 19.8 Å². The summed E-state index contributed by atoms with van der Waals surface area (Å²) in [5.41, 5.74) is 0.811. The molecule has 3 rings (SSSR count). The van der Waals surface area contributed by atoms with E-state index in [1.165, 1.54) is 0 Å². The Balaban J connectivity index is 1.52. The molecule has 0 radical (unpaired) electrons. The molecule has 0 atom stereocenters. The molecule has 3 aromatic rings. The number of benzene rings is 3. The molecule has 5 nitrogen and oxygen atoms in total. The van der Waals surface area contributed by atoms with E-state index in [4.69, 9.17) is 9.47 Å². The van der Waals surface area contributed by atoms with Crippen molar-refractivity contribution in [1.82, 2.24) is 5.32 Å². The molecular weight excluding hydrogens is 388 g/mol. The van der Waals surface area contributed by atoms with E-state index < -0.39 is 5.91 Å². The zero-order valence-electron chi connectivity index (χ0n) is 17.6. The predicted molar refractivity (Wildman–Crippen MR) is 123 cm³/mol. The van der Waals surface area contributed by atoms with E-state index in [1.807, 2.05) is 72.8 Å². The molecule has 0 aliphatic rings. The minimum atomic E-state index is -0.424. The molecule has 0 aliphatic carbocycles. The summed E-state index contributed by atoms with van der Waals surface area (Å²) in [6, 6.07) is 23.1. The van der Waals surface area contributed by atoms with Gasteiger partial charge in [0.1, 0.15) is 29.7 Å². The number of hydrogen-bond acceptors (Lipinski definition) is 4.